The van der Waals surface area contributed by atoms with Gasteiger partial charge in [-0.2, -0.15) is 0 Å². The largest absolute Gasteiger partial charge is 0.381 e. The monoisotopic (exact) mass is 198 g/mol. The fourth-order valence-corrected chi connectivity index (χ4v) is 2.03. The Bertz CT molecular complexity index is 195. The second kappa shape index (κ2) is 3.80. The lowest BCUT2D eigenvalue weighted by atomic mass is 9.91. The Hall–Kier alpha value is -0.120. The molecule has 2 rings (SSSR count). The summed E-state index contributed by atoms with van der Waals surface area (Å²) in [7, 11) is 0. The minimum Gasteiger partial charge on any atom is -0.381 e. The second-order valence-corrected chi connectivity index (χ2v) is 5.23. The van der Waals surface area contributed by atoms with Gasteiger partial charge in [-0.15, -0.1) is 0 Å². The van der Waals surface area contributed by atoms with E-state index in [9.17, 15) is 0 Å². The molecule has 2 aliphatic rings. The molecule has 0 radical (unpaired) electrons. The van der Waals surface area contributed by atoms with Gasteiger partial charge in [-0.25, -0.2) is 0 Å². The molecule has 1 heterocycles. The zero-order valence-electron chi connectivity index (χ0n) is 9.14. The maximum atomic E-state index is 5.76. The smallest absolute Gasteiger partial charge is 0.0483 e. The van der Waals surface area contributed by atoms with Gasteiger partial charge < -0.3 is 15.8 Å². The summed E-state index contributed by atoms with van der Waals surface area (Å²) in [4.78, 5) is 0. The van der Waals surface area contributed by atoms with Crippen molar-refractivity contribution in [1.82, 2.24) is 5.32 Å². The van der Waals surface area contributed by atoms with Crippen molar-refractivity contribution >= 4 is 0 Å². The topological polar surface area (TPSA) is 47.3 Å². The zero-order valence-corrected chi connectivity index (χ0v) is 9.14. The molecule has 0 spiro atoms. The molecular formula is C11H22N2O. The first-order valence-electron chi connectivity index (χ1n) is 5.71. The summed E-state index contributed by atoms with van der Waals surface area (Å²) in [5.74, 6) is 0. The summed E-state index contributed by atoms with van der Waals surface area (Å²) in [6, 6.07) is 0. The quantitative estimate of drug-likeness (QED) is 0.705. The van der Waals surface area contributed by atoms with Gasteiger partial charge in [-0.05, 0) is 44.6 Å². The average Bonchev–Trinajstić information content (AvgIpc) is 2.97. The highest BCUT2D eigenvalue weighted by Crippen LogP contribution is 2.44. The van der Waals surface area contributed by atoms with Gasteiger partial charge in [-0.1, -0.05) is 0 Å². The van der Waals surface area contributed by atoms with Crippen LogP contribution in [0.1, 0.15) is 32.6 Å². The van der Waals surface area contributed by atoms with E-state index >= 15 is 0 Å². The van der Waals surface area contributed by atoms with Crippen LogP contribution in [0.15, 0.2) is 0 Å². The Labute approximate surface area is 86.4 Å². The average molecular weight is 198 g/mol. The molecule has 0 aromatic carbocycles. The van der Waals surface area contributed by atoms with Gasteiger partial charge in [0.2, 0.25) is 0 Å². The third-order valence-corrected chi connectivity index (χ3v) is 3.88. The van der Waals surface area contributed by atoms with Gasteiger partial charge in [0.15, 0.2) is 0 Å². The van der Waals surface area contributed by atoms with Crippen LogP contribution in [-0.4, -0.2) is 31.8 Å². The Morgan fingerprint density at radius 2 is 1.86 bits per heavy atom. The molecular weight excluding hydrogens is 176 g/mol. The van der Waals surface area contributed by atoms with Crippen LogP contribution in [0.2, 0.25) is 0 Å². The predicted molar refractivity (Wildman–Crippen MR) is 57.2 cm³/mol. The van der Waals surface area contributed by atoms with Crippen LogP contribution in [0, 0.1) is 5.41 Å². The van der Waals surface area contributed by atoms with Crippen LogP contribution in [0.5, 0.6) is 0 Å². The van der Waals surface area contributed by atoms with E-state index < -0.39 is 0 Å². The van der Waals surface area contributed by atoms with Crippen molar-refractivity contribution in [3.8, 4) is 0 Å². The Balaban J connectivity index is 1.78. The van der Waals surface area contributed by atoms with E-state index in [1.165, 1.54) is 12.8 Å². The predicted octanol–water partition coefficient (Wildman–Crippen LogP) is 0.884. The number of hydrogen-bond donors (Lipinski definition) is 2. The van der Waals surface area contributed by atoms with E-state index in [1.807, 2.05) is 0 Å². The summed E-state index contributed by atoms with van der Waals surface area (Å²) in [5.41, 5.74) is 6.50. The van der Waals surface area contributed by atoms with Crippen LogP contribution in [-0.2, 0) is 4.74 Å². The van der Waals surface area contributed by atoms with E-state index in [1.54, 1.807) is 0 Å². The molecule has 0 aromatic heterocycles. The SMILES string of the molecule is CC1(NCC2(CN)CC2)CCOCC1. The first-order valence-corrected chi connectivity index (χ1v) is 5.71. The molecule has 14 heavy (non-hydrogen) atoms. The van der Waals surface area contributed by atoms with E-state index in [-0.39, 0.29) is 0 Å². The standard InChI is InChI=1S/C11H22N2O/c1-10(4-6-14-7-5-10)13-9-11(8-12)2-3-11/h13H,2-9,12H2,1H3. The first-order chi connectivity index (χ1) is 6.68. The van der Waals surface area contributed by atoms with Crippen LogP contribution in [0.3, 0.4) is 0 Å². The molecule has 1 saturated heterocycles. The molecule has 82 valence electrons. The van der Waals surface area contributed by atoms with E-state index in [0.717, 1.165) is 39.1 Å². The van der Waals surface area contributed by atoms with Crippen molar-refractivity contribution in [2.75, 3.05) is 26.3 Å². The highest BCUT2D eigenvalue weighted by molar-refractivity contribution is 4.98. The molecule has 0 amide bonds. The molecule has 0 bridgehead atoms. The molecule has 3 N–H and O–H groups in total. The summed E-state index contributed by atoms with van der Waals surface area (Å²) in [6.07, 6.45) is 4.88. The van der Waals surface area contributed by atoms with Crippen LogP contribution < -0.4 is 11.1 Å². The molecule has 1 aliphatic heterocycles. The van der Waals surface area contributed by atoms with E-state index in [4.69, 9.17) is 10.5 Å². The van der Waals surface area contributed by atoms with Crippen molar-refractivity contribution < 1.29 is 4.74 Å². The third-order valence-electron chi connectivity index (χ3n) is 3.88. The molecule has 1 aliphatic carbocycles. The number of nitrogens with one attached hydrogen (secondary N) is 1. The number of hydrogen-bond acceptors (Lipinski definition) is 3. The minimum atomic E-state index is 0.295. The minimum absolute atomic E-state index is 0.295. The fraction of sp³-hybridized carbons (Fsp3) is 1.00. The maximum Gasteiger partial charge on any atom is 0.0483 e. The summed E-state index contributed by atoms with van der Waals surface area (Å²) >= 11 is 0. The molecule has 2 fully saturated rings. The van der Waals surface area contributed by atoms with Gasteiger partial charge >= 0.3 is 0 Å². The van der Waals surface area contributed by atoms with Gasteiger partial charge in [0.05, 0.1) is 0 Å². The van der Waals surface area contributed by atoms with Crippen LogP contribution >= 0.6 is 0 Å². The first kappa shape index (κ1) is 10.4. The summed E-state index contributed by atoms with van der Waals surface area (Å²) < 4.78 is 5.37. The summed E-state index contributed by atoms with van der Waals surface area (Å²) in [6.45, 7) is 6.05. The zero-order chi connectivity index (χ0) is 10.1. The number of rotatable bonds is 4. The van der Waals surface area contributed by atoms with Crippen LogP contribution in [0.4, 0.5) is 0 Å². The third kappa shape index (κ3) is 2.27. The maximum absolute atomic E-state index is 5.76. The van der Waals surface area contributed by atoms with Crippen molar-refractivity contribution in [3.63, 3.8) is 0 Å². The lowest BCUT2D eigenvalue weighted by Crippen LogP contribution is -2.49. The van der Waals surface area contributed by atoms with Gasteiger partial charge in [0.25, 0.3) is 0 Å². The normalized spacial score (nSPS) is 28.7. The Kier molecular flexibility index (Phi) is 2.82. The van der Waals surface area contributed by atoms with Crippen molar-refractivity contribution in [2.45, 2.75) is 38.1 Å². The van der Waals surface area contributed by atoms with Gasteiger partial charge in [0, 0.05) is 25.3 Å². The molecule has 0 unspecified atom stereocenters. The highest BCUT2D eigenvalue weighted by atomic mass is 16.5. The van der Waals surface area contributed by atoms with E-state index in [0.29, 0.717) is 11.0 Å². The van der Waals surface area contributed by atoms with Gasteiger partial charge in [0.1, 0.15) is 0 Å². The fourth-order valence-electron chi connectivity index (χ4n) is 2.03. The molecule has 0 aromatic rings. The second-order valence-electron chi connectivity index (χ2n) is 5.23. The van der Waals surface area contributed by atoms with Gasteiger partial charge in [-0.3, -0.25) is 0 Å². The lowest BCUT2D eigenvalue weighted by Gasteiger charge is -2.36. The van der Waals surface area contributed by atoms with Crippen molar-refractivity contribution in [3.05, 3.63) is 0 Å². The Morgan fingerprint density at radius 3 is 2.36 bits per heavy atom. The van der Waals surface area contributed by atoms with E-state index in [2.05, 4.69) is 12.2 Å². The van der Waals surface area contributed by atoms with Crippen LogP contribution in [0.25, 0.3) is 0 Å². The molecule has 1 saturated carbocycles. The number of ether oxygens (including phenoxy) is 1. The van der Waals surface area contributed by atoms with Crippen molar-refractivity contribution in [2.24, 2.45) is 11.1 Å². The highest BCUT2D eigenvalue weighted by Gasteiger charge is 2.42. The number of nitrogens with two attached hydrogens (primary N) is 1. The Morgan fingerprint density at radius 1 is 1.21 bits per heavy atom. The molecule has 0 atom stereocenters. The molecule has 3 heteroatoms. The lowest BCUT2D eigenvalue weighted by molar-refractivity contribution is 0.0433. The summed E-state index contributed by atoms with van der Waals surface area (Å²) in [5, 5.41) is 3.69. The molecule has 3 nitrogen and oxygen atoms in total. The van der Waals surface area contributed by atoms with Crippen molar-refractivity contribution in [1.29, 1.82) is 0 Å².